The Hall–Kier alpha value is -1.34. The average molecular weight is 256 g/mol. The Morgan fingerprint density at radius 3 is 2.42 bits per heavy atom. The fourth-order valence-corrected chi connectivity index (χ4v) is 2.68. The van der Waals surface area contributed by atoms with Crippen LogP contribution in [0.3, 0.4) is 0 Å². The van der Waals surface area contributed by atoms with Gasteiger partial charge in [0.1, 0.15) is 0 Å². The highest BCUT2D eigenvalue weighted by Gasteiger charge is 2.11. The zero-order valence-corrected chi connectivity index (χ0v) is 12.0. The monoisotopic (exact) mass is 256 g/mol. The molecule has 19 heavy (non-hydrogen) atoms. The molecule has 0 bridgehead atoms. The molecule has 2 aromatic rings. The van der Waals surface area contributed by atoms with E-state index in [1.165, 1.54) is 35.6 Å². The van der Waals surface area contributed by atoms with Gasteiger partial charge in [-0.2, -0.15) is 0 Å². The van der Waals surface area contributed by atoms with E-state index < -0.39 is 0 Å². The van der Waals surface area contributed by atoms with Crippen molar-refractivity contribution in [3.8, 4) is 0 Å². The highest BCUT2D eigenvalue weighted by molar-refractivity contribution is 5.88. The van der Waals surface area contributed by atoms with E-state index in [0.717, 1.165) is 18.4 Å². The van der Waals surface area contributed by atoms with Crippen LogP contribution in [0.25, 0.3) is 10.8 Å². The fourth-order valence-electron chi connectivity index (χ4n) is 2.68. The van der Waals surface area contributed by atoms with E-state index in [9.17, 15) is 5.11 Å². The largest absolute Gasteiger partial charge is 0.388 e. The van der Waals surface area contributed by atoms with E-state index in [2.05, 4.69) is 50.2 Å². The van der Waals surface area contributed by atoms with E-state index in [1.54, 1.807) is 0 Å². The van der Waals surface area contributed by atoms with Gasteiger partial charge in [0, 0.05) is 0 Å². The van der Waals surface area contributed by atoms with Crippen LogP contribution in [0, 0.1) is 6.92 Å². The van der Waals surface area contributed by atoms with Gasteiger partial charge in [0.15, 0.2) is 0 Å². The van der Waals surface area contributed by atoms with E-state index in [0.29, 0.717) is 0 Å². The molecule has 102 valence electrons. The quantitative estimate of drug-likeness (QED) is 0.708. The van der Waals surface area contributed by atoms with Crippen LogP contribution in [0.1, 0.15) is 56.3 Å². The summed E-state index contributed by atoms with van der Waals surface area (Å²) in [6.07, 6.45) is 5.37. The summed E-state index contributed by atoms with van der Waals surface area (Å²) in [5, 5.41) is 12.9. The smallest absolute Gasteiger partial charge is 0.0796 e. The van der Waals surface area contributed by atoms with Crippen molar-refractivity contribution in [2.45, 2.75) is 52.1 Å². The first-order valence-corrected chi connectivity index (χ1v) is 7.40. The molecule has 1 atom stereocenters. The molecule has 1 N–H and O–H groups in total. The van der Waals surface area contributed by atoms with Gasteiger partial charge in [-0.15, -0.1) is 0 Å². The molecule has 1 unspecified atom stereocenters. The highest BCUT2D eigenvalue weighted by atomic mass is 16.3. The number of aryl methyl sites for hydroxylation is 1. The molecule has 2 rings (SSSR count). The van der Waals surface area contributed by atoms with E-state index >= 15 is 0 Å². The van der Waals surface area contributed by atoms with Crippen molar-refractivity contribution in [1.82, 2.24) is 0 Å². The fraction of sp³-hybridized carbons (Fsp3) is 0.444. The third kappa shape index (κ3) is 3.36. The molecule has 1 nitrogen and oxygen atoms in total. The summed E-state index contributed by atoms with van der Waals surface area (Å²) in [5.41, 5.74) is 2.36. The number of hydrogen-bond acceptors (Lipinski definition) is 1. The maximum Gasteiger partial charge on any atom is 0.0796 e. The molecule has 0 aromatic heterocycles. The molecule has 0 aliphatic rings. The van der Waals surface area contributed by atoms with Crippen LogP contribution in [0.2, 0.25) is 0 Å². The van der Waals surface area contributed by atoms with Crippen LogP contribution < -0.4 is 0 Å². The molecule has 2 aromatic carbocycles. The lowest BCUT2D eigenvalue weighted by molar-refractivity contribution is 0.165. The molecule has 0 aliphatic heterocycles. The molecule has 0 aliphatic carbocycles. The van der Waals surface area contributed by atoms with Crippen molar-refractivity contribution >= 4 is 10.8 Å². The van der Waals surface area contributed by atoms with E-state index in [4.69, 9.17) is 0 Å². The molecule has 0 amide bonds. The molecule has 0 heterocycles. The predicted molar refractivity (Wildman–Crippen MR) is 82.4 cm³/mol. The molecule has 0 radical (unpaired) electrons. The number of fused-ring (bicyclic) bond motifs is 1. The summed E-state index contributed by atoms with van der Waals surface area (Å²) < 4.78 is 0. The third-order valence-corrected chi connectivity index (χ3v) is 3.87. The third-order valence-electron chi connectivity index (χ3n) is 3.87. The Labute approximate surface area is 116 Å². The van der Waals surface area contributed by atoms with Crippen LogP contribution in [-0.2, 0) is 0 Å². The van der Waals surface area contributed by atoms with E-state index in [1.807, 2.05) is 0 Å². The summed E-state index contributed by atoms with van der Waals surface area (Å²) >= 11 is 0. The number of unbranched alkanes of at least 4 members (excludes halogenated alkanes) is 3. The molecular weight excluding hydrogens is 232 g/mol. The molecule has 0 fully saturated rings. The van der Waals surface area contributed by atoms with Crippen LogP contribution in [-0.4, -0.2) is 5.11 Å². The second kappa shape index (κ2) is 6.72. The minimum Gasteiger partial charge on any atom is -0.388 e. The lowest BCUT2D eigenvalue weighted by Crippen LogP contribution is -1.99. The van der Waals surface area contributed by atoms with Crippen LogP contribution >= 0.6 is 0 Å². The molecule has 0 saturated carbocycles. The predicted octanol–water partition coefficient (Wildman–Crippen LogP) is 5.15. The van der Waals surface area contributed by atoms with Gasteiger partial charge in [0.2, 0.25) is 0 Å². The van der Waals surface area contributed by atoms with Crippen LogP contribution in [0.4, 0.5) is 0 Å². The Morgan fingerprint density at radius 1 is 0.947 bits per heavy atom. The first kappa shape index (κ1) is 14.1. The lowest BCUT2D eigenvalue weighted by Gasteiger charge is -2.15. The van der Waals surface area contributed by atoms with Crippen molar-refractivity contribution < 1.29 is 5.11 Å². The molecule has 0 spiro atoms. The minimum atomic E-state index is -0.331. The van der Waals surface area contributed by atoms with Crippen molar-refractivity contribution in [2.24, 2.45) is 0 Å². The first-order valence-electron chi connectivity index (χ1n) is 7.40. The summed E-state index contributed by atoms with van der Waals surface area (Å²) in [4.78, 5) is 0. The standard InChI is InChI=1S/C18H24O/c1-3-4-5-6-11-18(19)17-13-12-14(2)15-9-7-8-10-16(15)17/h7-10,12-13,18-19H,3-6,11H2,1-2H3. The summed E-state index contributed by atoms with van der Waals surface area (Å²) in [7, 11) is 0. The number of aliphatic hydroxyl groups is 1. The second-order valence-corrected chi connectivity index (χ2v) is 5.38. The second-order valence-electron chi connectivity index (χ2n) is 5.38. The summed E-state index contributed by atoms with van der Waals surface area (Å²) in [6.45, 7) is 4.34. The number of hydrogen-bond donors (Lipinski definition) is 1. The number of benzene rings is 2. The minimum absolute atomic E-state index is 0.331. The molecule has 1 heteroatoms. The Kier molecular flexibility index (Phi) is 4.98. The van der Waals surface area contributed by atoms with Gasteiger partial charge in [-0.3, -0.25) is 0 Å². The Morgan fingerprint density at radius 2 is 1.68 bits per heavy atom. The van der Waals surface area contributed by atoms with Crippen molar-refractivity contribution in [3.05, 3.63) is 47.5 Å². The van der Waals surface area contributed by atoms with Crippen molar-refractivity contribution in [3.63, 3.8) is 0 Å². The zero-order valence-electron chi connectivity index (χ0n) is 12.0. The maximum atomic E-state index is 10.4. The average Bonchev–Trinajstić information content (AvgIpc) is 2.44. The summed E-state index contributed by atoms with van der Waals surface area (Å²) in [5.74, 6) is 0. The van der Waals surface area contributed by atoms with E-state index in [-0.39, 0.29) is 6.10 Å². The van der Waals surface area contributed by atoms with Gasteiger partial charge in [-0.05, 0) is 35.2 Å². The Balaban J connectivity index is 2.18. The number of aliphatic hydroxyl groups excluding tert-OH is 1. The maximum absolute atomic E-state index is 10.4. The Bertz CT molecular complexity index is 530. The highest BCUT2D eigenvalue weighted by Crippen LogP contribution is 2.29. The number of rotatable bonds is 6. The normalized spacial score (nSPS) is 12.8. The van der Waals surface area contributed by atoms with Gasteiger partial charge >= 0.3 is 0 Å². The molecule has 0 saturated heterocycles. The van der Waals surface area contributed by atoms with Gasteiger partial charge in [0.05, 0.1) is 6.10 Å². The van der Waals surface area contributed by atoms with Crippen LogP contribution in [0.5, 0.6) is 0 Å². The topological polar surface area (TPSA) is 20.2 Å². The van der Waals surface area contributed by atoms with Gasteiger partial charge in [-0.25, -0.2) is 0 Å². The first-order chi connectivity index (χ1) is 9.24. The van der Waals surface area contributed by atoms with Crippen molar-refractivity contribution in [1.29, 1.82) is 0 Å². The zero-order chi connectivity index (χ0) is 13.7. The molecular formula is C18H24O. The van der Waals surface area contributed by atoms with Gasteiger partial charge in [-0.1, -0.05) is 69.0 Å². The SMILES string of the molecule is CCCCCCC(O)c1ccc(C)c2ccccc12. The van der Waals surface area contributed by atoms with Crippen molar-refractivity contribution in [2.75, 3.05) is 0 Å². The van der Waals surface area contributed by atoms with Gasteiger partial charge in [0.25, 0.3) is 0 Å². The van der Waals surface area contributed by atoms with Crippen LogP contribution in [0.15, 0.2) is 36.4 Å². The summed E-state index contributed by atoms with van der Waals surface area (Å²) in [6, 6.07) is 12.6. The van der Waals surface area contributed by atoms with Gasteiger partial charge < -0.3 is 5.11 Å². The lowest BCUT2D eigenvalue weighted by atomic mass is 9.94.